The van der Waals surface area contributed by atoms with Gasteiger partial charge < -0.3 is 5.73 Å². The van der Waals surface area contributed by atoms with E-state index in [4.69, 9.17) is 0 Å². The van der Waals surface area contributed by atoms with Gasteiger partial charge in [0.2, 0.25) is 0 Å². The molecule has 1 aromatic heterocycles. The van der Waals surface area contributed by atoms with Gasteiger partial charge in [-0.1, -0.05) is 42.1 Å². The summed E-state index contributed by atoms with van der Waals surface area (Å²) in [6.45, 7) is 1.94. The molecule has 3 aromatic rings. The maximum Gasteiger partial charge on any atom is 0.269 e. The van der Waals surface area contributed by atoms with E-state index < -0.39 is 4.92 Å². The third-order valence-electron chi connectivity index (χ3n) is 3.63. The smallest absolute Gasteiger partial charge is 0.269 e. The lowest BCUT2D eigenvalue weighted by atomic mass is 10.2. The quantitative estimate of drug-likeness (QED) is 0.416. The summed E-state index contributed by atoms with van der Waals surface area (Å²) in [7, 11) is 0. The molecule has 0 amide bonds. The average molecular weight is 356 g/mol. The first-order valence-electron chi connectivity index (χ1n) is 7.76. The summed E-state index contributed by atoms with van der Waals surface area (Å²) >= 11 is 1.57. The summed E-state index contributed by atoms with van der Waals surface area (Å²) < 4.78 is 1.91. The van der Waals surface area contributed by atoms with Crippen LogP contribution in [0.2, 0.25) is 0 Å². The Bertz CT molecular complexity index is 863. The molecule has 1 heterocycles. The van der Waals surface area contributed by atoms with E-state index in [1.807, 2.05) is 29.7 Å². The van der Waals surface area contributed by atoms with Gasteiger partial charge in [-0.2, -0.15) is 0 Å². The molecule has 0 unspecified atom stereocenters. The van der Waals surface area contributed by atoms with Gasteiger partial charge in [-0.3, -0.25) is 14.7 Å². The highest BCUT2D eigenvalue weighted by Crippen LogP contribution is 2.27. The number of hydrogen-bond donors (Lipinski definition) is 1. The number of rotatable bonds is 6. The lowest BCUT2D eigenvalue weighted by molar-refractivity contribution is -0.422. The van der Waals surface area contributed by atoms with Crippen molar-refractivity contribution in [1.82, 2.24) is 14.8 Å². The van der Waals surface area contributed by atoms with Crippen molar-refractivity contribution in [3.05, 3.63) is 76.1 Å². The molecular weight excluding hydrogens is 338 g/mol. The number of quaternary nitrogens is 1. The zero-order valence-corrected chi connectivity index (χ0v) is 14.5. The van der Waals surface area contributed by atoms with Crippen molar-refractivity contribution in [2.24, 2.45) is 0 Å². The second-order valence-electron chi connectivity index (χ2n) is 5.63. The number of aromatic nitrogens is 3. The molecule has 0 aliphatic heterocycles. The molecule has 0 saturated carbocycles. The van der Waals surface area contributed by atoms with Crippen LogP contribution < -0.4 is 5.73 Å². The minimum atomic E-state index is -0.411. The Hall–Kier alpha value is -2.71. The summed E-state index contributed by atoms with van der Waals surface area (Å²) in [4.78, 5) is 10.4. The third kappa shape index (κ3) is 3.86. The first-order chi connectivity index (χ1) is 12.1. The van der Waals surface area contributed by atoms with Crippen LogP contribution in [0.1, 0.15) is 24.4 Å². The van der Waals surface area contributed by atoms with E-state index >= 15 is 0 Å². The molecule has 0 fully saturated rings. The Kier molecular flexibility index (Phi) is 5.11. The largest absolute Gasteiger partial charge is 0.349 e. The predicted octanol–water partition coefficient (Wildman–Crippen LogP) is 2.77. The van der Waals surface area contributed by atoms with Crippen LogP contribution in [0.5, 0.6) is 0 Å². The second kappa shape index (κ2) is 7.45. The topological polar surface area (TPSA) is 101 Å². The molecule has 0 bridgehead atoms. The van der Waals surface area contributed by atoms with Crippen LogP contribution in [-0.4, -0.2) is 19.7 Å². The zero-order valence-electron chi connectivity index (χ0n) is 13.7. The fourth-order valence-corrected chi connectivity index (χ4v) is 3.30. The molecule has 1 atom stereocenters. The molecule has 3 N–H and O–H groups in total. The maximum atomic E-state index is 10.9. The van der Waals surface area contributed by atoms with Crippen molar-refractivity contribution in [2.45, 2.75) is 23.9 Å². The van der Waals surface area contributed by atoms with Gasteiger partial charge in [0.05, 0.1) is 10.6 Å². The van der Waals surface area contributed by atoms with Crippen molar-refractivity contribution in [1.29, 1.82) is 0 Å². The third-order valence-corrected chi connectivity index (χ3v) is 4.63. The lowest BCUT2D eigenvalue weighted by Crippen LogP contribution is -2.52. The Morgan fingerprint density at radius 1 is 1.16 bits per heavy atom. The van der Waals surface area contributed by atoms with E-state index in [2.05, 4.69) is 28.1 Å². The molecule has 128 valence electrons. The fourth-order valence-electron chi connectivity index (χ4n) is 2.38. The van der Waals surface area contributed by atoms with Crippen LogP contribution in [0.4, 0.5) is 5.69 Å². The number of nitro benzene ring substituents is 1. The van der Waals surface area contributed by atoms with Gasteiger partial charge in [-0.05, 0) is 24.6 Å². The SMILES string of the molecule is C[C@@H]([NH3+])c1nnc(SCc2ccccc2)n1-c1ccc([N+](=O)[O-])cc1. The minimum Gasteiger partial charge on any atom is -0.349 e. The first kappa shape index (κ1) is 17.1. The molecule has 8 heteroatoms. The molecule has 25 heavy (non-hydrogen) atoms. The highest BCUT2D eigenvalue weighted by Gasteiger charge is 2.19. The molecule has 0 radical (unpaired) electrons. The molecule has 7 nitrogen and oxygen atoms in total. The van der Waals surface area contributed by atoms with E-state index in [0.717, 1.165) is 22.4 Å². The van der Waals surface area contributed by atoms with Crippen LogP contribution in [0.25, 0.3) is 5.69 Å². The summed E-state index contributed by atoms with van der Waals surface area (Å²) in [5.74, 6) is 1.49. The number of hydrogen-bond acceptors (Lipinski definition) is 5. The van der Waals surface area contributed by atoms with Crippen LogP contribution >= 0.6 is 11.8 Å². The Morgan fingerprint density at radius 3 is 2.44 bits per heavy atom. The molecular formula is C17H18N5O2S+. The minimum absolute atomic E-state index is 0.0551. The maximum absolute atomic E-state index is 10.9. The van der Waals surface area contributed by atoms with Crippen molar-refractivity contribution in [3.8, 4) is 5.69 Å². The van der Waals surface area contributed by atoms with Gasteiger partial charge in [-0.15, -0.1) is 10.2 Å². The van der Waals surface area contributed by atoms with Crippen molar-refractivity contribution < 1.29 is 10.7 Å². The number of thioether (sulfide) groups is 1. The highest BCUT2D eigenvalue weighted by molar-refractivity contribution is 7.98. The van der Waals surface area contributed by atoms with Crippen molar-refractivity contribution in [3.63, 3.8) is 0 Å². The highest BCUT2D eigenvalue weighted by atomic mass is 32.2. The first-order valence-corrected chi connectivity index (χ1v) is 8.75. The van der Waals surface area contributed by atoms with Crippen molar-refractivity contribution in [2.75, 3.05) is 0 Å². The number of nitro groups is 1. The normalized spacial score (nSPS) is 12.1. The monoisotopic (exact) mass is 356 g/mol. The number of nitrogens with zero attached hydrogens (tertiary/aromatic N) is 4. The summed E-state index contributed by atoms with van der Waals surface area (Å²) in [6, 6.07) is 16.4. The fraction of sp³-hybridized carbons (Fsp3) is 0.176. The molecule has 0 aliphatic rings. The van der Waals surface area contributed by atoms with Crippen LogP contribution in [0, 0.1) is 10.1 Å². The Balaban J connectivity index is 1.93. The summed E-state index contributed by atoms with van der Waals surface area (Å²) in [5.41, 5.74) is 6.06. The van der Waals surface area contributed by atoms with Gasteiger partial charge in [0.1, 0.15) is 6.04 Å². The summed E-state index contributed by atoms with van der Waals surface area (Å²) in [5, 5.41) is 20.1. The standard InChI is InChI=1S/C17H17N5O2S/c1-12(18)16-19-20-17(25-11-13-5-3-2-4-6-13)21(16)14-7-9-15(10-8-14)22(23)24/h2-10,12H,11,18H2,1H3/p+1/t12-/m1/s1. The van der Waals surface area contributed by atoms with Gasteiger partial charge in [0.15, 0.2) is 11.0 Å². The van der Waals surface area contributed by atoms with Gasteiger partial charge in [0, 0.05) is 17.9 Å². The van der Waals surface area contributed by atoms with E-state index in [9.17, 15) is 10.1 Å². The molecule has 0 saturated heterocycles. The predicted molar refractivity (Wildman–Crippen MR) is 95.3 cm³/mol. The zero-order chi connectivity index (χ0) is 17.8. The molecule has 0 spiro atoms. The van der Waals surface area contributed by atoms with Crippen LogP contribution in [0.15, 0.2) is 59.8 Å². The Labute approximate surface area is 149 Å². The van der Waals surface area contributed by atoms with E-state index in [0.29, 0.717) is 0 Å². The lowest BCUT2D eigenvalue weighted by Gasteiger charge is -2.10. The van der Waals surface area contributed by atoms with Crippen LogP contribution in [-0.2, 0) is 5.75 Å². The van der Waals surface area contributed by atoms with Gasteiger partial charge in [0.25, 0.3) is 5.69 Å². The Morgan fingerprint density at radius 2 is 1.84 bits per heavy atom. The average Bonchev–Trinajstić information content (AvgIpc) is 3.05. The van der Waals surface area contributed by atoms with E-state index in [1.54, 1.807) is 23.9 Å². The molecule has 0 aliphatic carbocycles. The molecule has 2 aromatic carbocycles. The van der Waals surface area contributed by atoms with Crippen LogP contribution in [0.3, 0.4) is 0 Å². The second-order valence-corrected chi connectivity index (χ2v) is 6.57. The van der Waals surface area contributed by atoms with Gasteiger partial charge >= 0.3 is 0 Å². The van der Waals surface area contributed by atoms with Gasteiger partial charge in [-0.25, -0.2) is 0 Å². The number of benzene rings is 2. The number of non-ortho nitro benzene ring substituents is 1. The van der Waals surface area contributed by atoms with E-state index in [-0.39, 0.29) is 11.7 Å². The van der Waals surface area contributed by atoms with Crippen molar-refractivity contribution >= 4 is 17.4 Å². The summed E-state index contributed by atoms with van der Waals surface area (Å²) in [6.07, 6.45) is 0. The molecule has 3 rings (SSSR count). The van der Waals surface area contributed by atoms with E-state index in [1.165, 1.54) is 17.7 Å².